The van der Waals surface area contributed by atoms with Crippen LogP contribution < -0.4 is 0 Å². The molecular formula is C17H22N2O. The van der Waals surface area contributed by atoms with E-state index in [1.165, 1.54) is 10.9 Å². The first kappa shape index (κ1) is 13.5. The van der Waals surface area contributed by atoms with Crippen molar-refractivity contribution in [2.75, 3.05) is 19.7 Å². The van der Waals surface area contributed by atoms with Crippen molar-refractivity contribution in [2.24, 2.45) is 5.41 Å². The molecule has 1 atom stereocenters. The van der Waals surface area contributed by atoms with Crippen LogP contribution >= 0.6 is 0 Å². The van der Waals surface area contributed by atoms with Gasteiger partial charge in [-0.3, -0.25) is 9.88 Å². The third kappa shape index (κ3) is 2.69. The lowest BCUT2D eigenvalue weighted by Gasteiger charge is -2.22. The molecule has 1 aromatic carbocycles. The number of aromatic nitrogens is 1. The van der Waals surface area contributed by atoms with Crippen molar-refractivity contribution in [1.29, 1.82) is 0 Å². The quantitative estimate of drug-likeness (QED) is 0.931. The number of hydrogen-bond acceptors (Lipinski definition) is 3. The van der Waals surface area contributed by atoms with Gasteiger partial charge < -0.3 is 5.11 Å². The average Bonchev–Trinajstić information content (AvgIpc) is 2.81. The summed E-state index contributed by atoms with van der Waals surface area (Å²) in [6.07, 6.45) is 1.08. The van der Waals surface area contributed by atoms with Gasteiger partial charge in [-0.25, -0.2) is 0 Å². The van der Waals surface area contributed by atoms with Crippen molar-refractivity contribution < 1.29 is 5.11 Å². The zero-order chi connectivity index (χ0) is 14.2. The molecule has 1 fully saturated rings. The van der Waals surface area contributed by atoms with Crippen molar-refractivity contribution in [2.45, 2.75) is 26.8 Å². The Balaban J connectivity index is 1.77. The standard InChI is InChI=1S/C17H22N2O/c1-13-3-5-15-9-14(4-6-16(15)18-13)10-19-8-7-17(2,11-19)12-20/h3-6,9,20H,7-8,10-12H2,1-2H3/t17-/m1/s1. The van der Waals surface area contributed by atoms with E-state index in [1.807, 2.05) is 6.92 Å². The van der Waals surface area contributed by atoms with Crippen molar-refractivity contribution >= 4 is 10.9 Å². The van der Waals surface area contributed by atoms with E-state index >= 15 is 0 Å². The number of fused-ring (bicyclic) bond motifs is 1. The van der Waals surface area contributed by atoms with E-state index < -0.39 is 0 Å². The summed E-state index contributed by atoms with van der Waals surface area (Å²) in [6, 6.07) is 10.7. The maximum absolute atomic E-state index is 9.44. The number of hydrogen-bond donors (Lipinski definition) is 1. The van der Waals surface area contributed by atoms with Crippen LogP contribution in [0, 0.1) is 12.3 Å². The second-order valence-corrected chi connectivity index (χ2v) is 6.41. The summed E-state index contributed by atoms with van der Waals surface area (Å²) in [5, 5.41) is 10.6. The van der Waals surface area contributed by atoms with Gasteiger partial charge in [0.2, 0.25) is 0 Å². The summed E-state index contributed by atoms with van der Waals surface area (Å²) in [6.45, 7) is 7.48. The van der Waals surface area contributed by atoms with Gasteiger partial charge in [-0.1, -0.05) is 19.1 Å². The second kappa shape index (κ2) is 5.15. The smallest absolute Gasteiger partial charge is 0.0705 e. The first-order chi connectivity index (χ1) is 9.58. The van der Waals surface area contributed by atoms with Gasteiger partial charge in [-0.05, 0) is 43.7 Å². The number of rotatable bonds is 3. The van der Waals surface area contributed by atoms with E-state index in [9.17, 15) is 5.11 Å². The van der Waals surface area contributed by atoms with Gasteiger partial charge in [0.05, 0.1) is 5.52 Å². The Morgan fingerprint density at radius 3 is 2.90 bits per heavy atom. The molecule has 0 aliphatic carbocycles. The highest BCUT2D eigenvalue weighted by Gasteiger charge is 2.32. The van der Waals surface area contributed by atoms with Crippen molar-refractivity contribution in [3.8, 4) is 0 Å². The van der Waals surface area contributed by atoms with Crippen LogP contribution in [0.25, 0.3) is 10.9 Å². The third-order valence-corrected chi connectivity index (χ3v) is 4.32. The van der Waals surface area contributed by atoms with Crippen molar-refractivity contribution in [3.63, 3.8) is 0 Å². The van der Waals surface area contributed by atoms with E-state index in [1.54, 1.807) is 0 Å². The first-order valence-corrected chi connectivity index (χ1v) is 7.28. The summed E-state index contributed by atoms with van der Waals surface area (Å²) in [5.41, 5.74) is 3.53. The molecule has 1 aliphatic heterocycles. The molecule has 1 aromatic heterocycles. The van der Waals surface area contributed by atoms with Crippen molar-refractivity contribution in [1.82, 2.24) is 9.88 Å². The van der Waals surface area contributed by atoms with Gasteiger partial charge in [0.25, 0.3) is 0 Å². The highest BCUT2D eigenvalue weighted by atomic mass is 16.3. The molecule has 1 saturated heterocycles. The van der Waals surface area contributed by atoms with E-state index in [4.69, 9.17) is 0 Å². The van der Waals surface area contributed by atoms with Crippen LogP contribution in [0.4, 0.5) is 0 Å². The van der Waals surface area contributed by atoms with Gasteiger partial charge in [0, 0.05) is 36.2 Å². The zero-order valence-corrected chi connectivity index (χ0v) is 12.3. The van der Waals surface area contributed by atoms with Crippen molar-refractivity contribution in [3.05, 3.63) is 41.6 Å². The van der Waals surface area contributed by atoms with Crippen LogP contribution in [-0.2, 0) is 6.54 Å². The summed E-state index contributed by atoms with van der Waals surface area (Å²) in [7, 11) is 0. The minimum Gasteiger partial charge on any atom is -0.396 e. The maximum atomic E-state index is 9.44. The molecule has 3 rings (SSSR count). The SMILES string of the molecule is Cc1ccc2cc(CN3CC[C@@](C)(CO)C3)ccc2n1. The molecule has 0 spiro atoms. The fraction of sp³-hybridized carbons (Fsp3) is 0.471. The number of aliphatic hydroxyl groups excluding tert-OH is 1. The second-order valence-electron chi connectivity index (χ2n) is 6.41. The Bertz CT molecular complexity index is 625. The van der Waals surface area contributed by atoms with E-state index in [0.717, 1.165) is 37.3 Å². The fourth-order valence-corrected chi connectivity index (χ4v) is 3.02. The molecule has 0 amide bonds. The normalized spacial score (nSPS) is 23.6. The van der Waals surface area contributed by atoms with Gasteiger partial charge >= 0.3 is 0 Å². The first-order valence-electron chi connectivity index (χ1n) is 7.28. The number of nitrogens with zero attached hydrogens (tertiary/aromatic N) is 2. The topological polar surface area (TPSA) is 36.4 Å². The molecule has 0 bridgehead atoms. The highest BCUT2D eigenvalue weighted by molar-refractivity contribution is 5.79. The van der Waals surface area contributed by atoms with E-state index in [0.29, 0.717) is 0 Å². The van der Waals surface area contributed by atoms with Crippen LogP contribution in [0.5, 0.6) is 0 Å². The van der Waals surface area contributed by atoms with E-state index in [2.05, 4.69) is 47.1 Å². The third-order valence-electron chi connectivity index (χ3n) is 4.32. The molecule has 2 heterocycles. The maximum Gasteiger partial charge on any atom is 0.0705 e. The van der Waals surface area contributed by atoms with Gasteiger partial charge in [0.1, 0.15) is 0 Å². The molecule has 0 saturated carbocycles. The molecule has 1 N–H and O–H groups in total. The van der Waals surface area contributed by atoms with Crippen LogP contribution in [0.2, 0.25) is 0 Å². The Morgan fingerprint density at radius 1 is 1.30 bits per heavy atom. The molecular weight excluding hydrogens is 248 g/mol. The molecule has 3 heteroatoms. The summed E-state index contributed by atoms with van der Waals surface area (Å²) in [4.78, 5) is 6.97. The molecule has 2 aromatic rings. The van der Waals surface area contributed by atoms with Crippen LogP contribution in [0.3, 0.4) is 0 Å². The minimum atomic E-state index is 0.0789. The van der Waals surface area contributed by atoms with Gasteiger partial charge in [-0.15, -0.1) is 0 Å². The molecule has 3 nitrogen and oxygen atoms in total. The predicted molar refractivity (Wildman–Crippen MR) is 81.6 cm³/mol. The Labute approximate surface area is 120 Å². The number of likely N-dealkylation sites (tertiary alicyclic amines) is 1. The monoisotopic (exact) mass is 270 g/mol. The van der Waals surface area contributed by atoms with Gasteiger partial charge in [0.15, 0.2) is 0 Å². The summed E-state index contributed by atoms with van der Waals surface area (Å²) < 4.78 is 0. The summed E-state index contributed by atoms with van der Waals surface area (Å²) in [5.74, 6) is 0. The minimum absolute atomic E-state index is 0.0789. The number of benzene rings is 1. The molecule has 0 unspecified atom stereocenters. The lowest BCUT2D eigenvalue weighted by Crippen LogP contribution is -2.27. The Kier molecular flexibility index (Phi) is 3.48. The van der Waals surface area contributed by atoms with Gasteiger partial charge in [-0.2, -0.15) is 0 Å². The molecule has 106 valence electrons. The fourth-order valence-electron chi connectivity index (χ4n) is 3.02. The zero-order valence-electron chi connectivity index (χ0n) is 12.3. The largest absolute Gasteiger partial charge is 0.396 e. The average molecular weight is 270 g/mol. The van der Waals surface area contributed by atoms with Crippen LogP contribution in [-0.4, -0.2) is 34.7 Å². The Morgan fingerprint density at radius 2 is 2.15 bits per heavy atom. The lowest BCUT2D eigenvalue weighted by molar-refractivity contribution is 0.144. The molecule has 1 aliphatic rings. The lowest BCUT2D eigenvalue weighted by atomic mass is 9.91. The van der Waals surface area contributed by atoms with Crippen LogP contribution in [0.1, 0.15) is 24.6 Å². The number of aryl methyl sites for hydroxylation is 1. The molecule has 20 heavy (non-hydrogen) atoms. The highest BCUT2D eigenvalue weighted by Crippen LogP contribution is 2.30. The molecule has 0 radical (unpaired) electrons. The predicted octanol–water partition coefficient (Wildman–Crippen LogP) is 2.75. The van der Waals surface area contributed by atoms with E-state index in [-0.39, 0.29) is 12.0 Å². The number of aliphatic hydroxyl groups is 1. The van der Waals surface area contributed by atoms with Crippen LogP contribution in [0.15, 0.2) is 30.3 Å². The Hall–Kier alpha value is -1.45. The number of pyridine rings is 1. The summed E-state index contributed by atoms with van der Waals surface area (Å²) >= 11 is 0.